The second-order valence-electron chi connectivity index (χ2n) is 4.39. The molecular weight excluding hydrogens is 280 g/mol. The molecule has 0 amide bonds. The minimum atomic E-state index is -3.75. The lowest BCUT2D eigenvalue weighted by Gasteiger charge is -2.06. The van der Waals surface area contributed by atoms with Gasteiger partial charge in [-0.2, -0.15) is 18.6 Å². The highest BCUT2D eigenvalue weighted by Crippen LogP contribution is 2.18. The van der Waals surface area contributed by atoms with Gasteiger partial charge in [-0.3, -0.25) is 14.5 Å². The normalized spacial score (nSPS) is 11.8. The number of nitrogens with one attached hydrogen (secondary N) is 3. The molecule has 0 atom stereocenters. The molecule has 0 fully saturated rings. The standard InChI is InChI=1S/C11H18N6O2S/c1-4-12-7-9-8(2)13-14-11(9)20(18,19)16-10-5-6-17(3)15-10/h5-6,12H,4,7H2,1-3H3,(H,13,14)(H,15,16). The summed E-state index contributed by atoms with van der Waals surface area (Å²) in [6.45, 7) is 4.93. The van der Waals surface area contributed by atoms with Crippen molar-refractivity contribution in [2.75, 3.05) is 11.3 Å². The molecule has 0 radical (unpaired) electrons. The van der Waals surface area contributed by atoms with Crippen molar-refractivity contribution in [1.29, 1.82) is 0 Å². The van der Waals surface area contributed by atoms with Crippen molar-refractivity contribution < 1.29 is 8.42 Å². The zero-order valence-electron chi connectivity index (χ0n) is 11.6. The van der Waals surface area contributed by atoms with Crippen LogP contribution in [0, 0.1) is 6.92 Å². The van der Waals surface area contributed by atoms with Crippen LogP contribution in [0.2, 0.25) is 0 Å². The van der Waals surface area contributed by atoms with Crippen LogP contribution in [-0.4, -0.2) is 34.9 Å². The van der Waals surface area contributed by atoms with E-state index in [0.717, 1.165) is 12.2 Å². The van der Waals surface area contributed by atoms with Crippen LogP contribution in [0.3, 0.4) is 0 Å². The molecule has 0 aliphatic heterocycles. The molecular formula is C11H18N6O2S. The van der Waals surface area contributed by atoms with Gasteiger partial charge in [0.25, 0.3) is 10.0 Å². The number of anilines is 1. The summed E-state index contributed by atoms with van der Waals surface area (Å²) in [5, 5.41) is 13.7. The Hall–Kier alpha value is -1.87. The molecule has 2 aromatic rings. The average Bonchev–Trinajstić information content (AvgIpc) is 2.93. The van der Waals surface area contributed by atoms with Gasteiger partial charge in [0, 0.05) is 37.1 Å². The molecule has 2 aromatic heterocycles. The van der Waals surface area contributed by atoms with Gasteiger partial charge < -0.3 is 5.32 Å². The fraction of sp³-hybridized carbons (Fsp3) is 0.455. The number of rotatable bonds is 6. The lowest BCUT2D eigenvalue weighted by molar-refractivity contribution is 0.593. The molecule has 0 aromatic carbocycles. The molecule has 0 saturated heterocycles. The minimum absolute atomic E-state index is 0.00148. The van der Waals surface area contributed by atoms with E-state index in [1.165, 1.54) is 4.68 Å². The van der Waals surface area contributed by atoms with Crippen molar-refractivity contribution in [2.45, 2.75) is 25.4 Å². The predicted octanol–water partition coefficient (Wildman–Crippen LogP) is 0.362. The quantitative estimate of drug-likeness (QED) is 0.714. The number of aromatic amines is 1. The van der Waals surface area contributed by atoms with Crippen molar-refractivity contribution in [3.8, 4) is 0 Å². The van der Waals surface area contributed by atoms with Gasteiger partial charge in [-0.1, -0.05) is 6.92 Å². The van der Waals surface area contributed by atoms with Crippen LogP contribution in [0.4, 0.5) is 5.82 Å². The number of aryl methyl sites for hydroxylation is 2. The van der Waals surface area contributed by atoms with E-state index in [4.69, 9.17) is 0 Å². The number of hydrogen-bond acceptors (Lipinski definition) is 5. The van der Waals surface area contributed by atoms with Gasteiger partial charge >= 0.3 is 0 Å². The number of hydrogen-bond donors (Lipinski definition) is 3. The number of sulfonamides is 1. The number of aromatic nitrogens is 4. The van der Waals surface area contributed by atoms with E-state index in [-0.39, 0.29) is 10.8 Å². The van der Waals surface area contributed by atoms with Gasteiger partial charge in [0.05, 0.1) is 0 Å². The van der Waals surface area contributed by atoms with Crippen LogP contribution in [0.5, 0.6) is 0 Å². The number of H-pyrrole nitrogens is 1. The highest BCUT2D eigenvalue weighted by molar-refractivity contribution is 7.92. The Balaban J connectivity index is 2.29. The van der Waals surface area contributed by atoms with Gasteiger partial charge in [0.2, 0.25) is 5.03 Å². The minimum Gasteiger partial charge on any atom is -0.313 e. The third-order valence-electron chi connectivity index (χ3n) is 2.79. The average molecular weight is 298 g/mol. The van der Waals surface area contributed by atoms with E-state index in [9.17, 15) is 8.42 Å². The van der Waals surface area contributed by atoms with E-state index >= 15 is 0 Å². The Bertz CT molecular complexity index is 688. The van der Waals surface area contributed by atoms with Crippen molar-refractivity contribution in [3.05, 3.63) is 23.5 Å². The first-order chi connectivity index (χ1) is 9.44. The van der Waals surface area contributed by atoms with Crippen molar-refractivity contribution in [2.24, 2.45) is 7.05 Å². The highest BCUT2D eigenvalue weighted by Gasteiger charge is 2.24. The second-order valence-corrected chi connectivity index (χ2v) is 5.99. The molecule has 0 aliphatic carbocycles. The fourth-order valence-electron chi connectivity index (χ4n) is 1.77. The molecule has 0 saturated carbocycles. The zero-order chi connectivity index (χ0) is 14.8. The lowest BCUT2D eigenvalue weighted by atomic mass is 10.2. The summed E-state index contributed by atoms with van der Waals surface area (Å²) >= 11 is 0. The Kier molecular flexibility index (Phi) is 4.09. The molecule has 3 N–H and O–H groups in total. The van der Waals surface area contributed by atoms with Crippen molar-refractivity contribution in [3.63, 3.8) is 0 Å². The van der Waals surface area contributed by atoms with Crippen molar-refractivity contribution >= 4 is 15.8 Å². The molecule has 110 valence electrons. The molecule has 9 heteroatoms. The molecule has 0 aliphatic rings. The highest BCUT2D eigenvalue weighted by atomic mass is 32.2. The van der Waals surface area contributed by atoms with E-state index in [0.29, 0.717) is 12.1 Å². The first-order valence-electron chi connectivity index (χ1n) is 6.21. The Morgan fingerprint density at radius 3 is 2.80 bits per heavy atom. The monoisotopic (exact) mass is 298 g/mol. The van der Waals surface area contributed by atoms with E-state index in [2.05, 4.69) is 25.3 Å². The largest absolute Gasteiger partial charge is 0.313 e. The van der Waals surface area contributed by atoms with Crippen LogP contribution >= 0.6 is 0 Å². The Labute approximate surface area is 117 Å². The molecule has 2 rings (SSSR count). The molecule has 20 heavy (non-hydrogen) atoms. The summed E-state index contributed by atoms with van der Waals surface area (Å²) < 4.78 is 28.6. The summed E-state index contributed by atoms with van der Waals surface area (Å²) in [5.41, 5.74) is 1.36. The first-order valence-corrected chi connectivity index (χ1v) is 7.69. The molecule has 0 bridgehead atoms. The van der Waals surface area contributed by atoms with Gasteiger partial charge in [0.15, 0.2) is 5.82 Å². The van der Waals surface area contributed by atoms with Crippen LogP contribution in [0.15, 0.2) is 17.3 Å². The van der Waals surface area contributed by atoms with Gasteiger partial charge in [-0.25, -0.2) is 0 Å². The summed E-state index contributed by atoms with van der Waals surface area (Å²) in [4.78, 5) is 0. The maximum atomic E-state index is 12.3. The summed E-state index contributed by atoms with van der Waals surface area (Å²) in [7, 11) is -2.03. The molecule has 0 unspecified atom stereocenters. The molecule has 8 nitrogen and oxygen atoms in total. The van der Waals surface area contributed by atoms with E-state index < -0.39 is 10.0 Å². The van der Waals surface area contributed by atoms with Crippen LogP contribution in [0.1, 0.15) is 18.2 Å². The third kappa shape index (κ3) is 2.99. The smallest absolute Gasteiger partial charge is 0.282 e. The molecule has 0 spiro atoms. The summed E-state index contributed by atoms with van der Waals surface area (Å²) in [6, 6.07) is 1.58. The number of nitrogens with zero attached hydrogens (tertiary/aromatic N) is 3. The van der Waals surface area contributed by atoms with E-state index in [1.807, 2.05) is 6.92 Å². The van der Waals surface area contributed by atoms with E-state index in [1.54, 1.807) is 26.2 Å². The van der Waals surface area contributed by atoms with Crippen molar-refractivity contribution in [1.82, 2.24) is 25.3 Å². The molecule has 2 heterocycles. The summed E-state index contributed by atoms with van der Waals surface area (Å²) in [5.74, 6) is 0.266. The topological polar surface area (TPSA) is 105 Å². The fourth-order valence-corrected chi connectivity index (χ4v) is 2.96. The Morgan fingerprint density at radius 2 is 2.20 bits per heavy atom. The summed E-state index contributed by atoms with van der Waals surface area (Å²) in [6.07, 6.45) is 1.66. The first kappa shape index (κ1) is 14.5. The van der Waals surface area contributed by atoms with Crippen LogP contribution in [-0.2, 0) is 23.6 Å². The maximum absolute atomic E-state index is 12.3. The third-order valence-corrected chi connectivity index (χ3v) is 4.12. The SMILES string of the molecule is CCNCc1c(S(=O)(=O)Nc2ccn(C)n2)n[nH]c1C. The zero-order valence-corrected chi connectivity index (χ0v) is 12.5. The van der Waals surface area contributed by atoms with Crippen LogP contribution < -0.4 is 10.0 Å². The van der Waals surface area contributed by atoms with Crippen LogP contribution in [0.25, 0.3) is 0 Å². The maximum Gasteiger partial charge on any atom is 0.282 e. The predicted molar refractivity (Wildman–Crippen MR) is 74.7 cm³/mol. The van der Waals surface area contributed by atoms with Gasteiger partial charge in [-0.05, 0) is 13.5 Å². The van der Waals surface area contributed by atoms with Gasteiger partial charge in [-0.15, -0.1) is 0 Å². The second kappa shape index (κ2) is 5.63. The Morgan fingerprint density at radius 1 is 1.45 bits per heavy atom. The lowest BCUT2D eigenvalue weighted by Crippen LogP contribution is -2.19. The van der Waals surface area contributed by atoms with Gasteiger partial charge in [0.1, 0.15) is 0 Å².